The van der Waals surface area contributed by atoms with Crippen molar-refractivity contribution in [3.63, 3.8) is 0 Å². The van der Waals surface area contributed by atoms with Gasteiger partial charge in [-0.05, 0) is 44.0 Å². The van der Waals surface area contributed by atoms with Gasteiger partial charge in [0.15, 0.2) is 0 Å². The maximum Gasteiger partial charge on any atom is 0.110 e. The molecule has 0 fully saturated rings. The van der Waals surface area contributed by atoms with E-state index in [1.54, 1.807) is 0 Å². The van der Waals surface area contributed by atoms with Crippen LogP contribution in [0.1, 0.15) is 31.7 Å². The Morgan fingerprint density at radius 3 is 2.62 bits per heavy atom. The van der Waals surface area contributed by atoms with E-state index in [1.807, 2.05) is 18.3 Å². The maximum absolute atomic E-state index is 5.96. The molecule has 1 aromatic heterocycles. The predicted octanol–water partition coefficient (Wildman–Crippen LogP) is 3.71. The zero-order valence-electron chi connectivity index (χ0n) is 12.8. The van der Waals surface area contributed by atoms with Gasteiger partial charge in [0.1, 0.15) is 5.82 Å². The van der Waals surface area contributed by atoms with Crippen LogP contribution in [0.4, 0.5) is 0 Å². The summed E-state index contributed by atoms with van der Waals surface area (Å²) in [7, 11) is 0. The van der Waals surface area contributed by atoms with Crippen molar-refractivity contribution in [1.29, 1.82) is 0 Å². The SMILES string of the molecule is CCCNC(Cc1ccc(Cl)cc1)Cc1nccn1CC. The number of halogens is 1. The van der Waals surface area contributed by atoms with E-state index in [4.69, 9.17) is 11.6 Å². The summed E-state index contributed by atoms with van der Waals surface area (Å²) in [5.74, 6) is 1.15. The lowest BCUT2D eigenvalue weighted by molar-refractivity contribution is 0.485. The number of nitrogens with zero attached hydrogens (tertiary/aromatic N) is 2. The van der Waals surface area contributed by atoms with Gasteiger partial charge in [-0.2, -0.15) is 0 Å². The Morgan fingerprint density at radius 2 is 1.95 bits per heavy atom. The highest BCUT2D eigenvalue weighted by atomic mass is 35.5. The summed E-state index contributed by atoms with van der Waals surface area (Å²) < 4.78 is 2.21. The fourth-order valence-corrected chi connectivity index (χ4v) is 2.63. The highest BCUT2D eigenvalue weighted by Crippen LogP contribution is 2.13. The molecule has 2 rings (SSSR count). The van der Waals surface area contributed by atoms with Gasteiger partial charge in [0, 0.05) is 36.4 Å². The fourth-order valence-electron chi connectivity index (χ4n) is 2.51. The summed E-state index contributed by atoms with van der Waals surface area (Å²) in [6, 6.07) is 8.53. The van der Waals surface area contributed by atoms with Gasteiger partial charge in [-0.1, -0.05) is 30.7 Å². The van der Waals surface area contributed by atoms with E-state index < -0.39 is 0 Å². The second kappa shape index (κ2) is 8.20. The van der Waals surface area contributed by atoms with Crippen LogP contribution in [0.5, 0.6) is 0 Å². The summed E-state index contributed by atoms with van der Waals surface area (Å²) in [5.41, 5.74) is 1.31. The minimum atomic E-state index is 0.402. The molecule has 0 radical (unpaired) electrons. The van der Waals surface area contributed by atoms with E-state index in [0.29, 0.717) is 6.04 Å². The van der Waals surface area contributed by atoms with E-state index in [2.05, 4.69) is 47.0 Å². The van der Waals surface area contributed by atoms with Gasteiger partial charge in [-0.25, -0.2) is 4.98 Å². The molecule has 1 aromatic carbocycles. The first kappa shape index (κ1) is 16.1. The monoisotopic (exact) mass is 305 g/mol. The van der Waals surface area contributed by atoms with Crippen LogP contribution in [0.25, 0.3) is 0 Å². The molecule has 0 aliphatic rings. The minimum absolute atomic E-state index is 0.402. The van der Waals surface area contributed by atoms with E-state index in [9.17, 15) is 0 Å². The molecule has 21 heavy (non-hydrogen) atoms. The molecule has 2 aromatic rings. The Labute approximate surface area is 132 Å². The molecule has 1 unspecified atom stereocenters. The average Bonchev–Trinajstić information content (AvgIpc) is 2.94. The van der Waals surface area contributed by atoms with Crippen LogP contribution in [-0.4, -0.2) is 22.1 Å². The third-order valence-corrected chi connectivity index (χ3v) is 3.90. The summed E-state index contributed by atoms with van der Waals surface area (Å²) in [4.78, 5) is 4.49. The first-order valence-electron chi connectivity index (χ1n) is 7.70. The van der Waals surface area contributed by atoms with Crippen molar-refractivity contribution < 1.29 is 0 Å². The second-order valence-corrected chi connectivity index (χ2v) is 5.75. The van der Waals surface area contributed by atoms with E-state index in [1.165, 1.54) is 5.56 Å². The predicted molar refractivity (Wildman–Crippen MR) is 88.8 cm³/mol. The Kier molecular flexibility index (Phi) is 6.27. The number of imidazole rings is 1. The summed E-state index contributed by atoms with van der Waals surface area (Å²) in [6.07, 6.45) is 7.02. The van der Waals surface area contributed by atoms with Crippen LogP contribution in [0.15, 0.2) is 36.7 Å². The van der Waals surface area contributed by atoms with Crippen LogP contribution in [-0.2, 0) is 19.4 Å². The standard InChI is InChI=1S/C17H24ClN3/c1-3-9-19-16(12-14-5-7-15(18)8-6-14)13-17-20-10-11-21(17)4-2/h5-8,10-11,16,19H,3-4,9,12-13H2,1-2H3. The van der Waals surface area contributed by atoms with Crippen molar-refractivity contribution in [2.24, 2.45) is 0 Å². The van der Waals surface area contributed by atoms with Gasteiger partial charge in [-0.15, -0.1) is 0 Å². The number of aromatic nitrogens is 2. The summed E-state index contributed by atoms with van der Waals surface area (Å²) >= 11 is 5.96. The lowest BCUT2D eigenvalue weighted by Crippen LogP contribution is -2.34. The van der Waals surface area contributed by atoms with Crippen molar-refractivity contribution >= 4 is 11.6 Å². The lowest BCUT2D eigenvalue weighted by Gasteiger charge is -2.19. The second-order valence-electron chi connectivity index (χ2n) is 5.32. The molecule has 0 saturated heterocycles. The number of rotatable bonds is 8. The van der Waals surface area contributed by atoms with E-state index in [0.717, 1.165) is 43.2 Å². The highest BCUT2D eigenvalue weighted by molar-refractivity contribution is 6.30. The first-order valence-corrected chi connectivity index (χ1v) is 8.08. The smallest absolute Gasteiger partial charge is 0.110 e. The molecule has 1 atom stereocenters. The average molecular weight is 306 g/mol. The van der Waals surface area contributed by atoms with Gasteiger partial charge >= 0.3 is 0 Å². The molecule has 0 aliphatic heterocycles. The molecule has 0 amide bonds. The van der Waals surface area contributed by atoms with Crippen LogP contribution in [0.3, 0.4) is 0 Å². The van der Waals surface area contributed by atoms with Gasteiger partial charge in [0.2, 0.25) is 0 Å². The van der Waals surface area contributed by atoms with Crippen LogP contribution in [0.2, 0.25) is 5.02 Å². The van der Waals surface area contributed by atoms with Crippen molar-refractivity contribution in [3.05, 3.63) is 53.1 Å². The zero-order chi connectivity index (χ0) is 15.1. The molecular weight excluding hydrogens is 282 g/mol. The molecule has 3 nitrogen and oxygen atoms in total. The van der Waals surface area contributed by atoms with Gasteiger partial charge in [-0.3, -0.25) is 0 Å². The molecule has 0 spiro atoms. The molecule has 0 saturated carbocycles. The number of benzene rings is 1. The Balaban J connectivity index is 2.05. The molecule has 1 N–H and O–H groups in total. The Morgan fingerprint density at radius 1 is 1.19 bits per heavy atom. The number of hydrogen-bond acceptors (Lipinski definition) is 2. The first-order chi connectivity index (χ1) is 10.2. The maximum atomic E-state index is 5.96. The molecule has 0 aliphatic carbocycles. The zero-order valence-corrected chi connectivity index (χ0v) is 13.6. The minimum Gasteiger partial charge on any atom is -0.335 e. The Hall–Kier alpha value is -1.32. The quantitative estimate of drug-likeness (QED) is 0.806. The molecule has 1 heterocycles. The van der Waals surface area contributed by atoms with Crippen molar-refractivity contribution in [1.82, 2.24) is 14.9 Å². The van der Waals surface area contributed by atoms with Gasteiger partial charge in [0.05, 0.1) is 0 Å². The third kappa shape index (κ3) is 4.87. The summed E-state index contributed by atoms with van der Waals surface area (Å²) in [5, 5.41) is 4.43. The van der Waals surface area contributed by atoms with E-state index in [-0.39, 0.29) is 0 Å². The topological polar surface area (TPSA) is 29.9 Å². The lowest BCUT2D eigenvalue weighted by atomic mass is 10.0. The molecule has 0 bridgehead atoms. The van der Waals surface area contributed by atoms with Crippen molar-refractivity contribution in [2.75, 3.05) is 6.54 Å². The fraction of sp³-hybridized carbons (Fsp3) is 0.471. The third-order valence-electron chi connectivity index (χ3n) is 3.65. The normalized spacial score (nSPS) is 12.5. The van der Waals surface area contributed by atoms with Crippen molar-refractivity contribution in [2.45, 2.75) is 45.7 Å². The highest BCUT2D eigenvalue weighted by Gasteiger charge is 2.13. The number of hydrogen-bond donors (Lipinski definition) is 1. The van der Waals surface area contributed by atoms with Crippen LogP contribution in [0, 0.1) is 0 Å². The van der Waals surface area contributed by atoms with Crippen LogP contribution < -0.4 is 5.32 Å². The summed E-state index contributed by atoms with van der Waals surface area (Å²) in [6.45, 7) is 6.35. The van der Waals surface area contributed by atoms with Gasteiger partial charge in [0.25, 0.3) is 0 Å². The molecular formula is C17H24ClN3. The largest absolute Gasteiger partial charge is 0.335 e. The molecule has 114 valence electrons. The van der Waals surface area contributed by atoms with Crippen LogP contribution >= 0.6 is 11.6 Å². The van der Waals surface area contributed by atoms with E-state index >= 15 is 0 Å². The van der Waals surface area contributed by atoms with Gasteiger partial charge < -0.3 is 9.88 Å². The number of aryl methyl sites for hydroxylation is 1. The van der Waals surface area contributed by atoms with Crippen molar-refractivity contribution in [3.8, 4) is 0 Å². The number of nitrogens with one attached hydrogen (secondary N) is 1. The Bertz CT molecular complexity index is 533. The molecule has 4 heteroatoms.